The van der Waals surface area contributed by atoms with E-state index in [1.54, 1.807) is 0 Å². The zero-order chi connectivity index (χ0) is 15.9. The monoisotopic (exact) mass is 308 g/mol. The summed E-state index contributed by atoms with van der Waals surface area (Å²) in [5.74, 6) is -3.34. The van der Waals surface area contributed by atoms with Crippen LogP contribution in [0.2, 0.25) is 0 Å². The minimum atomic E-state index is -0.935. The van der Waals surface area contributed by atoms with Gasteiger partial charge < -0.3 is 0 Å². The third-order valence-corrected chi connectivity index (χ3v) is 2.77. The summed E-state index contributed by atoms with van der Waals surface area (Å²) < 4.78 is 0. The van der Waals surface area contributed by atoms with Crippen LogP contribution in [0.4, 0.5) is 0 Å². The number of hydrogen-bond donors (Lipinski definition) is 0. The molecule has 0 aliphatic carbocycles. The van der Waals surface area contributed by atoms with E-state index in [0.29, 0.717) is 12.8 Å². The molecule has 0 fully saturated rings. The van der Waals surface area contributed by atoms with E-state index < -0.39 is 23.9 Å². The van der Waals surface area contributed by atoms with Crippen molar-refractivity contribution >= 4 is 23.9 Å². The van der Waals surface area contributed by atoms with Crippen LogP contribution in [-0.2, 0) is 29.1 Å². The van der Waals surface area contributed by atoms with Crippen LogP contribution < -0.4 is 0 Å². The van der Waals surface area contributed by atoms with Gasteiger partial charge in [0.05, 0.1) is 24.0 Å². The van der Waals surface area contributed by atoms with Crippen LogP contribution in [-0.4, -0.2) is 23.9 Å². The first kappa shape index (κ1) is 15.5. The van der Waals surface area contributed by atoms with Crippen molar-refractivity contribution in [1.82, 2.24) is 0 Å². The molecule has 1 aliphatic heterocycles. The van der Waals surface area contributed by atoms with Gasteiger partial charge in [0.2, 0.25) is 0 Å². The molecule has 0 radical (unpaired) electrons. The summed E-state index contributed by atoms with van der Waals surface area (Å²) in [6, 6.07) is 5.27. The summed E-state index contributed by atoms with van der Waals surface area (Å²) in [7, 11) is 0. The van der Waals surface area contributed by atoms with Crippen molar-refractivity contribution < 1.29 is 38.7 Å². The van der Waals surface area contributed by atoms with Crippen molar-refractivity contribution in [3.63, 3.8) is 0 Å². The van der Waals surface area contributed by atoms with Crippen molar-refractivity contribution in [3.8, 4) is 0 Å². The van der Waals surface area contributed by atoms with Crippen molar-refractivity contribution in [2.75, 3.05) is 0 Å². The highest BCUT2D eigenvalue weighted by atomic mass is 17.2. The molecule has 1 aromatic rings. The van der Waals surface area contributed by atoms with Gasteiger partial charge in [-0.25, -0.2) is 38.7 Å². The van der Waals surface area contributed by atoms with Crippen molar-refractivity contribution in [3.05, 3.63) is 35.4 Å². The van der Waals surface area contributed by atoms with E-state index >= 15 is 0 Å². The molecule has 0 aromatic heterocycles. The van der Waals surface area contributed by atoms with E-state index in [0.717, 1.165) is 6.07 Å². The fourth-order valence-electron chi connectivity index (χ4n) is 1.66. The lowest BCUT2D eigenvalue weighted by atomic mass is 10.1. The zero-order valence-corrected chi connectivity index (χ0v) is 11.4. The minimum Gasteiger partial charge on any atom is -0.247 e. The third-order valence-electron chi connectivity index (χ3n) is 2.77. The molecule has 2 rings (SSSR count). The molecule has 0 saturated heterocycles. The fourth-order valence-corrected chi connectivity index (χ4v) is 1.66. The van der Waals surface area contributed by atoms with Gasteiger partial charge in [-0.1, -0.05) is 6.07 Å². The lowest BCUT2D eigenvalue weighted by molar-refractivity contribution is -0.235. The molecule has 116 valence electrons. The maximum Gasteiger partial charge on any atom is 0.386 e. The van der Waals surface area contributed by atoms with Crippen molar-refractivity contribution in [2.45, 2.75) is 25.7 Å². The molecule has 1 aromatic carbocycles. The van der Waals surface area contributed by atoms with E-state index in [1.165, 1.54) is 18.2 Å². The highest BCUT2D eigenvalue weighted by Gasteiger charge is 2.18. The predicted octanol–water partition coefficient (Wildman–Crippen LogP) is 1.49. The van der Waals surface area contributed by atoms with Crippen LogP contribution in [0.25, 0.3) is 0 Å². The van der Waals surface area contributed by atoms with E-state index in [-0.39, 0.29) is 24.0 Å². The number of fused-ring (bicyclic) bond motifs is 2. The SMILES string of the molecule is O=C1CCCCC(=O)OOC(=O)c2cccc(c2)C(=O)OO1. The molecular formula is C14H12O8. The smallest absolute Gasteiger partial charge is 0.247 e. The molecule has 0 atom stereocenters. The molecule has 22 heavy (non-hydrogen) atoms. The van der Waals surface area contributed by atoms with Crippen LogP contribution in [0, 0.1) is 0 Å². The topological polar surface area (TPSA) is 105 Å². The van der Waals surface area contributed by atoms with Crippen molar-refractivity contribution in [1.29, 1.82) is 0 Å². The molecule has 8 nitrogen and oxygen atoms in total. The highest BCUT2D eigenvalue weighted by Crippen LogP contribution is 2.11. The Hall–Kier alpha value is -2.90. The number of hydrogen-bond acceptors (Lipinski definition) is 8. The van der Waals surface area contributed by atoms with Gasteiger partial charge in [-0.15, -0.1) is 0 Å². The maximum atomic E-state index is 11.7. The number of rotatable bonds is 0. The summed E-state index contributed by atoms with van der Waals surface area (Å²) >= 11 is 0. The average Bonchev–Trinajstić information content (AvgIpc) is 2.53. The molecule has 0 amide bonds. The van der Waals surface area contributed by atoms with Gasteiger partial charge in [0.25, 0.3) is 0 Å². The Bertz CT molecular complexity index is 557. The largest absolute Gasteiger partial charge is 0.386 e. The quantitative estimate of drug-likeness (QED) is 0.664. The summed E-state index contributed by atoms with van der Waals surface area (Å²) in [6.45, 7) is 0. The van der Waals surface area contributed by atoms with Gasteiger partial charge in [-0.05, 0) is 31.0 Å². The molecule has 1 heterocycles. The van der Waals surface area contributed by atoms with E-state index in [1.807, 2.05) is 0 Å². The Labute approximate surface area is 124 Å². The van der Waals surface area contributed by atoms with Gasteiger partial charge in [-0.2, -0.15) is 0 Å². The van der Waals surface area contributed by atoms with Crippen LogP contribution in [0.1, 0.15) is 46.4 Å². The molecule has 0 unspecified atom stereocenters. The average molecular weight is 308 g/mol. The standard InChI is InChI=1S/C14H12O8/c15-11-6-1-2-7-12(16)20-22-14(18)10-5-3-4-9(8-10)13(17)21-19-11/h3-5,8H,1-2,6-7H2. The van der Waals surface area contributed by atoms with E-state index in [4.69, 9.17) is 0 Å². The first-order chi connectivity index (χ1) is 10.6. The number of benzene rings is 1. The minimum absolute atomic E-state index is 0.0246. The lowest BCUT2D eigenvalue weighted by Gasteiger charge is -2.04. The fraction of sp³-hybridized carbons (Fsp3) is 0.286. The molecular weight excluding hydrogens is 296 g/mol. The summed E-state index contributed by atoms with van der Waals surface area (Å²) in [6.07, 6.45) is 0.598. The maximum absolute atomic E-state index is 11.7. The summed E-state index contributed by atoms with van der Waals surface area (Å²) in [5.41, 5.74) is -0.0492. The van der Waals surface area contributed by atoms with E-state index in [2.05, 4.69) is 19.6 Å². The highest BCUT2D eigenvalue weighted by molar-refractivity contribution is 5.95. The normalized spacial score (nSPS) is 17.3. The Kier molecular flexibility index (Phi) is 5.07. The first-order valence-corrected chi connectivity index (χ1v) is 6.49. The number of carbonyl (C=O) groups excluding carboxylic acids is 4. The molecule has 1 aliphatic rings. The van der Waals surface area contributed by atoms with Crippen LogP contribution in [0.5, 0.6) is 0 Å². The Morgan fingerprint density at radius 2 is 1.14 bits per heavy atom. The van der Waals surface area contributed by atoms with Crippen molar-refractivity contribution in [2.24, 2.45) is 0 Å². The van der Waals surface area contributed by atoms with Gasteiger partial charge >= 0.3 is 23.9 Å². The second-order valence-corrected chi connectivity index (χ2v) is 4.44. The first-order valence-electron chi connectivity index (χ1n) is 6.49. The van der Waals surface area contributed by atoms with Crippen LogP contribution in [0.15, 0.2) is 24.3 Å². The summed E-state index contributed by atoms with van der Waals surface area (Å²) in [4.78, 5) is 63.5. The Morgan fingerprint density at radius 1 is 0.682 bits per heavy atom. The second kappa shape index (κ2) is 7.21. The zero-order valence-electron chi connectivity index (χ0n) is 11.4. The Morgan fingerprint density at radius 3 is 1.59 bits per heavy atom. The van der Waals surface area contributed by atoms with Crippen LogP contribution >= 0.6 is 0 Å². The third kappa shape index (κ3) is 4.30. The molecule has 8 heteroatoms. The van der Waals surface area contributed by atoms with Gasteiger partial charge in [-0.3, -0.25) is 0 Å². The Balaban J connectivity index is 2.17. The molecule has 0 saturated carbocycles. The van der Waals surface area contributed by atoms with Gasteiger partial charge in [0.15, 0.2) is 0 Å². The predicted molar refractivity (Wildman–Crippen MR) is 67.9 cm³/mol. The summed E-state index contributed by atoms with van der Waals surface area (Å²) in [5, 5.41) is 0. The van der Waals surface area contributed by atoms with E-state index in [9.17, 15) is 19.2 Å². The molecule has 0 spiro atoms. The van der Waals surface area contributed by atoms with Gasteiger partial charge in [0.1, 0.15) is 0 Å². The van der Waals surface area contributed by atoms with Crippen LogP contribution in [0.3, 0.4) is 0 Å². The lowest BCUT2D eigenvalue weighted by Crippen LogP contribution is -2.13. The second-order valence-electron chi connectivity index (χ2n) is 4.44. The molecule has 2 bridgehead atoms. The van der Waals surface area contributed by atoms with Gasteiger partial charge in [0, 0.05) is 0 Å². The molecule has 0 N–H and O–H groups in total. The number of carbonyl (C=O) groups is 4.